The second-order valence-corrected chi connectivity index (χ2v) is 4.47. The molecule has 1 rings (SSSR count). The standard InChI is InChI=1S/C11H22N2O2/c1-3-11(4-2)7-9(14)5-6-13(11)8-10(12)15/h9,14H,3-8H2,1-2H3,(H2,12,15). The molecule has 1 fully saturated rings. The number of aliphatic hydroxyl groups is 1. The number of piperidine rings is 1. The molecule has 1 saturated heterocycles. The summed E-state index contributed by atoms with van der Waals surface area (Å²) in [5.74, 6) is -0.280. The van der Waals surface area contributed by atoms with Gasteiger partial charge in [-0.1, -0.05) is 13.8 Å². The van der Waals surface area contributed by atoms with Crippen LogP contribution < -0.4 is 5.73 Å². The van der Waals surface area contributed by atoms with E-state index >= 15 is 0 Å². The number of hydrogen-bond donors (Lipinski definition) is 2. The van der Waals surface area contributed by atoms with Crippen LogP contribution in [0, 0.1) is 0 Å². The maximum absolute atomic E-state index is 11.0. The van der Waals surface area contributed by atoms with E-state index in [1.807, 2.05) is 0 Å². The lowest BCUT2D eigenvalue weighted by atomic mass is 9.80. The Hall–Kier alpha value is -0.610. The van der Waals surface area contributed by atoms with Gasteiger partial charge in [-0.2, -0.15) is 0 Å². The molecule has 0 saturated carbocycles. The van der Waals surface area contributed by atoms with Gasteiger partial charge < -0.3 is 10.8 Å². The number of amides is 1. The number of aliphatic hydroxyl groups excluding tert-OH is 1. The quantitative estimate of drug-likeness (QED) is 0.715. The molecule has 15 heavy (non-hydrogen) atoms. The van der Waals surface area contributed by atoms with E-state index in [9.17, 15) is 9.90 Å². The van der Waals surface area contributed by atoms with Gasteiger partial charge in [0.05, 0.1) is 12.6 Å². The summed E-state index contributed by atoms with van der Waals surface area (Å²) in [4.78, 5) is 13.1. The van der Waals surface area contributed by atoms with Gasteiger partial charge in [0, 0.05) is 12.1 Å². The van der Waals surface area contributed by atoms with Crippen molar-refractivity contribution in [2.75, 3.05) is 13.1 Å². The number of rotatable bonds is 4. The van der Waals surface area contributed by atoms with Gasteiger partial charge in [0.25, 0.3) is 0 Å². The molecule has 1 amide bonds. The Kier molecular flexibility index (Phi) is 4.11. The lowest BCUT2D eigenvalue weighted by Gasteiger charge is -2.47. The molecule has 1 aliphatic heterocycles. The largest absolute Gasteiger partial charge is 0.393 e. The molecule has 0 aliphatic carbocycles. The molecule has 0 radical (unpaired) electrons. The van der Waals surface area contributed by atoms with Crippen LogP contribution >= 0.6 is 0 Å². The lowest BCUT2D eigenvalue weighted by molar-refractivity contribution is -0.123. The molecule has 4 nitrogen and oxygen atoms in total. The van der Waals surface area contributed by atoms with Gasteiger partial charge in [-0.15, -0.1) is 0 Å². The first-order valence-electron chi connectivity index (χ1n) is 5.75. The third-order valence-electron chi connectivity index (χ3n) is 3.68. The average Bonchev–Trinajstić information content (AvgIpc) is 2.20. The second-order valence-electron chi connectivity index (χ2n) is 4.47. The van der Waals surface area contributed by atoms with Crippen molar-refractivity contribution < 1.29 is 9.90 Å². The van der Waals surface area contributed by atoms with Crippen LogP contribution in [0.5, 0.6) is 0 Å². The number of carbonyl (C=O) groups is 1. The average molecular weight is 214 g/mol. The number of likely N-dealkylation sites (tertiary alicyclic amines) is 1. The maximum Gasteiger partial charge on any atom is 0.231 e. The molecule has 3 N–H and O–H groups in total. The Balaban J connectivity index is 2.77. The molecule has 1 atom stereocenters. The lowest BCUT2D eigenvalue weighted by Crippen LogP contribution is -2.56. The van der Waals surface area contributed by atoms with Gasteiger partial charge in [0.15, 0.2) is 0 Å². The summed E-state index contributed by atoms with van der Waals surface area (Å²) >= 11 is 0. The van der Waals surface area contributed by atoms with Crippen molar-refractivity contribution in [1.29, 1.82) is 0 Å². The van der Waals surface area contributed by atoms with Gasteiger partial charge in [-0.3, -0.25) is 9.69 Å². The normalized spacial score (nSPS) is 26.5. The molecular formula is C11H22N2O2. The summed E-state index contributed by atoms with van der Waals surface area (Å²) in [6.07, 6.45) is 3.18. The number of nitrogens with two attached hydrogens (primary N) is 1. The van der Waals surface area contributed by atoms with Crippen LogP contribution in [0.4, 0.5) is 0 Å². The molecule has 0 spiro atoms. The fourth-order valence-corrected chi connectivity index (χ4v) is 2.63. The Labute approximate surface area is 91.4 Å². The summed E-state index contributed by atoms with van der Waals surface area (Å²) in [6, 6.07) is 0. The van der Waals surface area contributed by atoms with Gasteiger partial charge in [0.1, 0.15) is 0 Å². The van der Waals surface area contributed by atoms with E-state index in [1.165, 1.54) is 0 Å². The van der Waals surface area contributed by atoms with Crippen molar-refractivity contribution in [3.8, 4) is 0 Å². The first kappa shape index (κ1) is 12.5. The molecule has 4 heteroatoms. The molecule has 0 aromatic rings. The van der Waals surface area contributed by atoms with E-state index in [0.29, 0.717) is 6.54 Å². The summed E-state index contributed by atoms with van der Waals surface area (Å²) in [6.45, 7) is 5.30. The Morgan fingerprint density at radius 1 is 1.53 bits per heavy atom. The molecule has 1 unspecified atom stereocenters. The predicted octanol–water partition coefficient (Wildman–Crippen LogP) is 0.487. The number of nitrogens with zero attached hydrogens (tertiary/aromatic N) is 1. The SMILES string of the molecule is CCC1(CC)CC(O)CCN1CC(N)=O. The number of hydrogen-bond acceptors (Lipinski definition) is 3. The van der Waals surface area contributed by atoms with Crippen LogP contribution in [0.1, 0.15) is 39.5 Å². The van der Waals surface area contributed by atoms with Crippen LogP contribution in [0.3, 0.4) is 0 Å². The minimum atomic E-state index is -0.280. The smallest absolute Gasteiger partial charge is 0.231 e. The second kappa shape index (κ2) is 4.94. The monoisotopic (exact) mass is 214 g/mol. The van der Waals surface area contributed by atoms with Crippen molar-refractivity contribution in [3.63, 3.8) is 0 Å². The van der Waals surface area contributed by atoms with Crippen molar-refractivity contribution >= 4 is 5.91 Å². The van der Waals surface area contributed by atoms with Crippen LogP contribution in [0.25, 0.3) is 0 Å². The fraction of sp³-hybridized carbons (Fsp3) is 0.909. The Morgan fingerprint density at radius 3 is 2.60 bits per heavy atom. The van der Waals surface area contributed by atoms with E-state index in [-0.39, 0.29) is 17.6 Å². The van der Waals surface area contributed by atoms with Crippen molar-refractivity contribution in [2.45, 2.75) is 51.2 Å². The highest BCUT2D eigenvalue weighted by Gasteiger charge is 2.39. The first-order valence-corrected chi connectivity index (χ1v) is 5.75. The van der Waals surface area contributed by atoms with Crippen molar-refractivity contribution in [2.24, 2.45) is 5.73 Å². The Bertz CT molecular complexity index is 227. The van der Waals surface area contributed by atoms with E-state index in [0.717, 1.165) is 32.2 Å². The molecule has 88 valence electrons. The zero-order valence-corrected chi connectivity index (χ0v) is 9.70. The van der Waals surface area contributed by atoms with Crippen LogP contribution in [-0.2, 0) is 4.79 Å². The number of carbonyl (C=O) groups excluding carboxylic acids is 1. The van der Waals surface area contributed by atoms with E-state index in [4.69, 9.17) is 5.73 Å². The topological polar surface area (TPSA) is 66.6 Å². The molecule has 1 heterocycles. The maximum atomic E-state index is 11.0. The fourth-order valence-electron chi connectivity index (χ4n) is 2.63. The highest BCUT2D eigenvalue weighted by molar-refractivity contribution is 5.76. The van der Waals surface area contributed by atoms with Gasteiger partial charge in [-0.25, -0.2) is 0 Å². The molecule has 0 aromatic heterocycles. The minimum Gasteiger partial charge on any atom is -0.393 e. The highest BCUT2D eigenvalue weighted by Crippen LogP contribution is 2.33. The minimum absolute atomic E-state index is 0.0350. The van der Waals surface area contributed by atoms with E-state index in [2.05, 4.69) is 18.7 Å². The Morgan fingerprint density at radius 2 is 2.13 bits per heavy atom. The zero-order valence-electron chi connectivity index (χ0n) is 9.70. The zero-order chi connectivity index (χ0) is 11.5. The summed E-state index contributed by atoms with van der Waals surface area (Å²) in [5.41, 5.74) is 5.21. The molecule has 1 aliphatic rings. The van der Waals surface area contributed by atoms with Gasteiger partial charge >= 0.3 is 0 Å². The predicted molar refractivity (Wildman–Crippen MR) is 59.3 cm³/mol. The summed E-state index contributed by atoms with van der Waals surface area (Å²) < 4.78 is 0. The van der Waals surface area contributed by atoms with Crippen molar-refractivity contribution in [3.05, 3.63) is 0 Å². The molecule has 0 aromatic carbocycles. The van der Waals surface area contributed by atoms with E-state index < -0.39 is 0 Å². The van der Waals surface area contributed by atoms with Gasteiger partial charge in [0.2, 0.25) is 5.91 Å². The highest BCUT2D eigenvalue weighted by atomic mass is 16.3. The third kappa shape index (κ3) is 2.69. The molecule has 0 bridgehead atoms. The van der Waals surface area contributed by atoms with Crippen molar-refractivity contribution in [1.82, 2.24) is 4.90 Å². The van der Waals surface area contributed by atoms with Crippen LogP contribution in [-0.4, -0.2) is 40.6 Å². The third-order valence-corrected chi connectivity index (χ3v) is 3.68. The first-order chi connectivity index (χ1) is 7.04. The summed E-state index contributed by atoms with van der Waals surface area (Å²) in [7, 11) is 0. The van der Waals surface area contributed by atoms with Crippen LogP contribution in [0.2, 0.25) is 0 Å². The van der Waals surface area contributed by atoms with Gasteiger partial charge in [-0.05, 0) is 25.7 Å². The molecular weight excluding hydrogens is 192 g/mol. The van der Waals surface area contributed by atoms with Crippen LogP contribution in [0.15, 0.2) is 0 Å². The summed E-state index contributed by atoms with van der Waals surface area (Å²) in [5, 5.41) is 9.72. The van der Waals surface area contributed by atoms with E-state index in [1.54, 1.807) is 0 Å². The number of primary amides is 1.